The summed E-state index contributed by atoms with van der Waals surface area (Å²) < 4.78 is 7.74. The summed E-state index contributed by atoms with van der Waals surface area (Å²) >= 11 is 6.37. The molecule has 4 rings (SSSR count). The van der Waals surface area contributed by atoms with Gasteiger partial charge in [0, 0.05) is 28.9 Å². The highest BCUT2D eigenvalue weighted by molar-refractivity contribution is 6.32. The zero-order valence-electron chi connectivity index (χ0n) is 13.6. The van der Waals surface area contributed by atoms with Crippen LogP contribution in [0.5, 0.6) is 5.75 Å². The van der Waals surface area contributed by atoms with Gasteiger partial charge in [-0.3, -0.25) is 0 Å². The van der Waals surface area contributed by atoms with E-state index in [4.69, 9.17) is 16.3 Å². The van der Waals surface area contributed by atoms with Crippen LogP contribution >= 0.6 is 11.6 Å². The van der Waals surface area contributed by atoms with E-state index in [1.54, 1.807) is 0 Å². The number of halogens is 1. The minimum absolute atomic E-state index is 0.380. The fourth-order valence-corrected chi connectivity index (χ4v) is 3.02. The standard InChI is InChI=1S/C19H18ClN3O/c1-12(2)17-8-13-7-16(20)19(10-18(13)21-17)24-11-14-9-15-5-3-4-6-23(15)22-14/h3-10,12,21H,11H2,1-2H3. The molecule has 0 aliphatic carbocycles. The Balaban J connectivity index is 1.60. The summed E-state index contributed by atoms with van der Waals surface area (Å²) in [4.78, 5) is 3.42. The van der Waals surface area contributed by atoms with Crippen LogP contribution in [0.25, 0.3) is 16.4 Å². The average molecular weight is 340 g/mol. The molecule has 0 aliphatic heterocycles. The Kier molecular flexibility index (Phi) is 3.69. The van der Waals surface area contributed by atoms with Crippen molar-refractivity contribution >= 4 is 28.0 Å². The molecule has 0 unspecified atom stereocenters. The van der Waals surface area contributed by atoms with Crippen molar-refractivity contribution in [2.45, 2.75) is 26.4 Å². The summed E-state index contributed by atoms with van der Waals surface area (Å²) in [5, 5.41) is 6.20. The number of hydrogen-bond donors (Lipinski definition) is 1. The first kappa shape index (κ1) is 15.1. The maximum atomic E-state index is 6.37. The first-order chi connectivity index (χ1) is 11.6. The van der Waals surface area contributed by atoms with Gasteiger partial charge in [0.2, 0.25) is 0 Å². The molecule has 0 saturated carbocycles. The summed E-state index contributed by atoms with van der Waals surface area (Å²) in [6.07, 6.45) is 1.92. The van der Waals surface area contributed by atoms with E-state index in [0.29, 0.717) is 23.3 Å². The van der Waals surface area contributed by atoms with Gasteiger partial charge in [0.15, 0.2) is 0 Å². The third kappa shape index (κ3) is 2.74. The molecular weight excluding hydrogens is 322 g/mol. The summed E-state index contributed by atoms with van der Waals surface area (Å²) in [5.74, 6) is 1.11. The molecule has 0 radical (unpaired) electrons. The second-order valence-corrected chi connectivity index (χ2v) is 6.65. The number of hydrogen-bond acceptors (Lipinski definition) is 2. The van der Waals surface area contributed by atoms with Crippen LogP contribution in [0.1, 0.15) is 31.2 Å². The zero-order chi connectivity index (χ0) is 16.7. The number of nitrogens with zero attached hydrogens (tertiary/aromatic N) is 2. The van der Waals surface area contributed by atoms with Crippen molar-refractivity contribution in [2.24, 2.45) is 0 Å². The van der Waals surface area contributed by atoms with Crippen molar-refractivity contribution in [1.82, 2.24) is 14.6 Å². The number of nitrogens with one attached hydrogen (secondary N) is 1. The lowest BCUT2D eigenvalue weighted by molar-refractivity contribution is 0.301. The van der Waals surface area contributed by atoms with E-state index in [1.807, 2.05) is 47.1 Å². The summed E-state index contributed by atoms with van der Waals surface area (Å²) in [7, 11) is 0. The lowest BCUT2D eigenvalue weighted by Gasteiger charge is -2.06. The Morgan fingerprint density at radius 3 is 2.88 bits per heavy atom. The van der Waals surface area contributed by atoms with E-state index in [0.717, 1.165) is 22.1 Å². The molecular formula is C19H18ClN3O. The van der Waals surface area contributed by atoms with Gasteiger partial charge in [-0.05, 0) is 36.2 Å². The molecule has 122 valence electrons. The van der Waals surface area contributed by atoms with Crippen LogP contribution in [0.4, 0.5) is 0 Å². The minimum Gasteiger partial charge on any atom is -0.486 e. The number of aromatic nitrogens is 3. The van der Waals surface area contributed by atoms with Gasteiger partial charge in [0.1, 0.15) is 18.1 Å². The molecule has 0 bridgehead atoms. The SMILES string of the molecule is CC(C)c1cc2cc(Cl)c(OCc3cc4ccccn4n3)cc2[nH]1. The Hall–Kier alpha value is -2.46. The van der Waals surface area contributed by atoms with Crippen LogP contribution in [0.2, 0.25) is 5.02 Å². The van der Waals surface area contributed by atoms with Crippen molar-refractivity contribution in [3.8, 4) is 5.75 Å². The number of H-pyrrole nitrogens is 1. The Bertz CT molecular complexity index is 983. The van der Waals surface area contributed by atoms with Gasteiger partial charge in [-0.2, -0.15) is 5.10 Å². The number of pyridine rings is 1. The topological polar surface area (TPSA) is 42.3 Å². The summed E-state index contributed by atoms with van der Waals surface area (Å²) in [5.41, 5.74) is 4.14. The number of ether oxygens (including phenoxy) is 1. The van der Waals surface area contributed by atoms with Gasteiger partial charge >= 0.3 is 0 Å². The zero-order valence-corrected chi connectivity index (χ0v) is 14.3. The second kappa shape index (κ2) is 5.87. The number of aromatic amines is 1. The molecule has 3 heterocycles. The number of fused-ring (bicyclic) bond motifs is 2. The third-order valence-corrected chi connectivity index (χ3v) is 4.41. The monoisotopic (exact) mass is 339 g/mol. The molecule has 0 aliphatic rings. The van der Waals surface area contributed by atoms with Crippen molar-refractivity contribution in [1.29, 1.82) is 0 Å². The van der Waals surface area contributed by atoms with Crippen LogP contribution < -0.4 is 4.74 Å². The minimum atomic E-state index is 0.380. The predicted octanol–water partition coefficient (Wildman–Crippen LogP) is 5.17. The number of benzene rings is 1. The van der Waals surface area contributed by atoms with E-state index in [-0.39, 0.29) is 0 Å². The van der Waals surface area contributed by atoms with Crippen LogP contribution in [-0.2, 0) is 6.61 Å². The number of rotatable bonds is 4. The molecule has 0 amide bonds. The van der Waals surface area contributed by atoms with Crippen LogP contribution in [0.15, 0.2) is 48.7 Å². The van der Waals surface area contributed by atoms with Gasteiger partial charge in [0.05, 0.1) is 10.5 Å². The van der Waals surface area contributed by atoms with Crippen molar-refractivity contribution < 1.29 is 4.74 Å². The maximum absolute atomic E-state index is 6.37. The van der Waals surface area contributed by atoms with Gasteiger partial charge in [-0.1, -0.05) is 31.5 Å². The second-order valence-electron chi connectivity index (χ2n) is 6.24. The van der Waals surface area contributed by atoms with E-state index in [9.17, 15) is 0 Å². The van der Waals surface area contributed by atoms with E-state index in [1.165, 1.54) is 5.69 Å². The Morgan fingerprint density at radius 1 is 1.21 bits per heavy atom. The smallest absolute Gasteiger partial charge is 0.140 e. The van der Waals surface area contributed by atoms with Gasteiger partial charge in [-0.25, -0.2) is 4.52 Å². The van der Waals surface area contributed by atoms with Gasteiger partial charge in [-0.15, -0.1) is 0 Å². The quantitative estimate of drug-likeness (QED) is 0.557. The Labute approximate surface area is 145 Å². The average Bonchev–Trinajstić information content (AvgIpc) is 3.15. The lowest BCUT2D eigenvalue weighted by Crippen LogP contribution is -1.97. The molecule has 0 spiro atoms. The summed E-state index contributed by atoms with van der Waals surface area (Å²) in [6, 6.07) is 14.0. The molecule has 0 fully saturated rings. The summed E-state index contributed by atoms with van der Waals surface area (Å²) in [6.45, 7) is 4.70. The molecule has 4 nitrogen and oxygen atoms in total. The van der Waals surface area contributed by atoms with Gasteiger partial charge < -0.3 is 9.72 Å². The van der Waals surface area contributed by atoms with Crippen molar-refractivity contribution in [3.63, 3.8) is 0 Å². The van der Waals surface area contributed by atoms with Crippen molar-refractivity contribution in [2.75, 3.05) is 0 Å². The van der Waals surface area contributed by atoms with Gasteiger partial charge in [0.25, 0.3) is 0 Å². The van der Waals surface area contributed by atoms with E-state index >= 15 is 0 Å². The molecule has 0 atom stereocenters. The van der Waals surface area contributed by atoms with Crippen LogP contribution in [0.3, 0.4) is 0 Å². The van der Waals surface area contributed by atoms with Crippen LogP contribution in [0, 0.1) is 0 Å². The highest BCUT2D eigenvalue weighted by Gasteiger charge is 2.10. The molecule has 0 saturated heterocycles. The lowest BCUT2D eigenvalue weighted by atomic mass is 10.1. The largest absolute Gasteiger partial charge is 0.486 e. The van der Waals surface area contributed by atoms with E-state index in [2.05, 4.69) is 30.0 Å². The Morgan fingerprint density at radius 2 is 2.08 bits per heavy atom. The molecule has 24 heavy (non-hydrogen) atoms. The highest BCUT2D eigenvalue weighted by Crippen LogP contribution is 2.32. The first-order valence-electron chi connectivity index (χ1n) is 7.98. The maximum Gasteiger partial charge on any atom is 0.140 e. The van der Waals surface area contributed by atoms with Crippen molar-refractivity contribution in [3.05, 3.63) is 65.1 Å². The molecule has 3 aromatic heterocycles. The predicted molar refractivity (Wildman–Crippen MR) is 96.9 cm³/mol. The third-order valence-electron chi connectivity index (χ3n) is 4.11. The molecule has 4 aromatic rings. The molecule has 1 N–H and O–H groups in total. The normalized spacial score (nSPS) is 11.7. The highest BCUT2D eigenvalue weighted by atomic mass is 35.5. The van der Waals surface area contributed by atoms with Crippen LogP contribution in [-0.4, -0.2) is 14.6 Å². The molecule has 1 aromatic carbocycles. The fraction of sp³-hybridized carbons (Fsp3) is 0.211. The van der Waals surface area contributed by atoms with E-state index < -0.39 is 0 Å². The first-order valence-corrected chi connectivity index (χ1v) is 8.36. The molecule has 5 heteroatoms. The fourth-order valence-electron chi connectivity index (χ4n) is 2.79.